The van der Waals surface area contributed by atoms with Crippen LogP contribution in [0.25, 0.3) is 11.4 Å². The summed E-state index contributed by atoms with van der Waals surface area (Å²) < 4.78 is 0.865. The van der Waals surface area contributed by atoms with Crippen LogP contribution >= 0.6 is 27.5 Å². The average molecular weight is 357 g/mol. The summed E-state index contributed by atoms with van der Waals surface area (Å²) in [5, 5.41) is 7.90. The molecule has 0 saturated carbocycles. The highest BCUT2D eigenvalue weighted by Gasteiger charge is 2.20. The van der Waals surface area contributed by atoms with E-state index in [0.29, 0.717) is 16.8 Å². The van der Waals surface area contributed by atoms with Crippen LogP contribution in [0.5, 0.6) is 0 Å². The Hall–Kier alpha value is -1.11. The largest absolute Gasteiger partial charge is 0.338 e. The highest BCUT2D eigenvalue weighted by Crippen LogP contribution is 2.28. The molecule has 0 bridgehead atoms. The molecule has 2 heterocycles. The minimum atomic E-state index is 0.202. The van der Waals surface area contributed by atoms with Crippen LogP contribution < -0.4 is 10.6 Å². The number of aromatic nitrogens is 3. The van der Waals surface area contributed by atoms with Gasteiger partial charge in [-0.3, -0.25) is 5.10 Å². The van der Waals surface area contributed by atoms with Gasteiger partial charge in [0, 0.05) is 29.2 Å². The van der Waals surface area contributed by atoms with E-state index in [-0.39, 0.29) is 6.04 Å². The molecule has 1 aliphatic heterocycles. The quantitative estimate of drug-likeness (QED) is 0.868. The summed E-state index contributed by atoms with van der Waals surface area (Å²) >= 11 is 9.48. The van der Waals surface area contributed by atoms with Crippen molar-refractivity contribution in [2.75, 3.05) is 18.0 Å². The Morgan fingerprint density at radius 2 is 2.30 bits per heavy atom. The van der Waals surface area contributed by atoms with Crippen LogP contribution in [-0.2, 0) is 0 Å². The zero-order chi connectivity index (χ0) is 14.1. The van der Waals surface area contributed by atoms with E-state index in [4.69, 9.17) is 17.3 Å². The number of benzene rings is 1. The van der Waals surface area contributed by atoms with Gasteiger partial charge >= 0.3 is 0 Å². The summed E-state index contributed by atoms with van der Waals surface area (Å²) in [7, 11) is 0. The molecule has 20 heavy (non-hydrogen) atoms. The van der Waals surface area contributed by atoms with Crippen molar-refractivity contribution >= 4 is 33.5 Å². The van der Waals surface area contributed by atoms with Crippen molar-refractivity contribution in [3.05, 3.63) is 27.7 Å². The van der Waals surface area contributed by atoms with Gasteiger partial charge in [0.25, 0.3) is 0 Å². The summed E-state index contributed by atoms with van der Waals surface area (Å²) in [5.41, 5.74) is 6.90. The zero-order valence-corrected chi connectivity index (χ0v) is 13.2. The molecule has 2 aromatic rings. The maximum Gasteiger partial charge on any atom is 0.245 e. The lowest BCUT2D eigenvalue weighted by molar-refractivity contribution is 0.500. The van der Waals surface area contributed by atoms with Crippen LogP contribution in [0.2, 0.25) is 5.02 Å². The number of aromatic amines is 1. The first-order chi connectivity index (χ1) is 9.63. The molecule has 1 aliphatic rings. The number of hydrogen-bond acceptors (Lipinski definition) is 4. The van der Waals surface area contributed by atoms with E-state index in [1.54, 1.807) is 0 Å². The van der Waals surface area contributed by atoms with E-state index in [1.807, 2.05) is 18.2 Å². The van der Waals surface area contributed by atoms with Crippen molar-refractivity contribution in [3.63, 3.8) is 0 Å². The molecule has 1 aromatic heterocycles. The number of nitrogens with zero attached hydrogens (tertiary/aromatic N) is 3. The molecule has 1 fully saturated rings. The van der Waals surface area contributed by atoms with Crippen molar-refractivity contribution in [3.8, 4) is 11.4 Å². The number of nitrogens with one attached hydrogen (secondary N) is 1. The topological polar surface area (TPSA) is 70.8 Å². The van der Waals surface area contributed by atoms with Crippen LogP contribution in [0.15, 0.2) is 22.7 Å². The molecule has 3 N–H and O–H groups in total. The SMILES string of the molecule is NC1CCCN(c2n[nH]c(-c3ccc(Br)c(Cl)c3)n2)C1. The summed E-state index contributed by atoms with van der Waals surface area (Å²) in [5.74, 6) is 1.42. The lowest BCUT2D eigenvalue weighted by Gasteiger charge is -2.29. The van der Waals surface area contributed by atoms with Gasteiger partial charge in [-0.05, 0) is 47.0 Å². The molecule has 0 radical (unpaired) electrons. The molecule has 1 atom stereocenters. The zero-order valence-electron chi connectivity index (χ0n) is 10.8. The second kappa shape index (κ2) is 5.71. The average Bonchev–Trinajstić information content (AvgIpc) is 2.92. The number of rotatable bonds is 2. The Bertz CT molecular complexity index is 615. The van der Waals surface area contributed by atoms with Crippen LogP contribution in [0.3, 0.4) is 0 Å². The molecule has 1 aromatic carbocycles. The Balaban J connectivity index is 1.84. The fourth-order valence-corrected chi connectivity index (χ4v) is 2.79. The molecular formula is C13H15BrClN5. The summed E-state index contributed by atoms with van der Waals surface area (Å²) in [6, 6.07) is 5.91. The van der Waals surface area contributed by atoms with Crippen LogP contribution in [0.4, 0.5) is 5.95 Å². The minimum absolute atomic E-state index is 0.202. The highest BCUT2D eigenvalue weighted by atomic mass is 79.9. The normalized spacial score (nSPS) is 19.4. The van der Waals surface area contributed by atoms with Gasteiger partial charge in [-0.15, -0.1) is 5.10 Å². The van der Waals surface area contributed by atoms with Crippen LogP contribution in [-0.4, -0.2) is 34.3 Å². The fraction of sp³-hybridized carbons (Fsp3) is 0.385. The van der Waals surface area contributed by atoms with Gasteiger partial charge in [0.2, 0.25) is 5.95 Å². The smallest absolute Gasteiger partial charge is 0.245 e. The van der Waals surface area contributed by atoms with Gasteiger partial charge in [0.1, 0.15) is 0 Å². The van der Waals surface area contributed by atoms with E-state index in [1.165, 1.54) is 0 Å². The second-order valence-electron chi connectivity index (χ2n) is 4.96. The second-order valence-corrected chi connectivity index (χ2v) is 6.22. The Labute approximate surface area is 130 Å². The minimum Gasteiger partial charge on any atom is -0.338 e. The predicted molar refractivity (Wildman–Crippen MR) is 84.0 cm³/mol. The van der Waals surface area contributed by atoms with E-state index in [2.05, 4.69) is 36.0 Å². The molecule has 0 spiro atoms. The van der Waals surface area contributed by atoms with E-state index in [9.17, 15) is 0 Å². The predicted octanol–water partition coefficient (Wildman–Crippen LogP) is 2.82. The number of anilines is 1. The van der Waals surface area contributed by atoms with Crippen molar-refractivity contribution < 1.29 is 0 Å². The summed E-state index contributed by atoms with van der Waals surface area (Å²) in [6.07, 6.45) is 2.14. The number of H-pyrrole nitrogens is 1. The molecule has 1 unspecified atom stereocenters. The van der Waals surface area contributed by atoms with Crippen LogP contribution in [0, 0.1) is 0 Å². The van der Waals surface area contributed by atoms with Gasteiger partial charge < -0.3 is 10.6 Å². The molecule has 3 rings (SSSR count). The van der Waals surface area contributed by atoms with Crippen molar-refractivity contribution in [2.45, 2.75) is 18.9 Å². The number of hydrogen-bond donors (Lipinski definition) is 2. The Morgan fingerprint density at radius 3 is 3.05 bits per heavy atom. The van der Waals surface area contributed by atoms with Crippen molar-refractivity contribution in [2.24, 2.45) is 5.73 Å². The third-order valence-corrected chi connectivity index (χ3v) is 4.64. The Kier molecular flexibility index (Phi) is 3.96. The van der Waals surface area contributed by atoms with Gasteiger partial charge in [-0.1, -0.05) is 11.6 Å². The summed E-state index contributed by atoms with van der Waals surface area (Å²) in [4.78, 5) is 6.66. The first-order valence-corrected chi connectivity index (χ1v) is 7.69. The highest BCUT2D eigenvalue weighted by molar-refractivity contribution is 9.10. The van der Waals surface area contributed by atoms with Gasteiger partial charge in [0.05, 0.1) is 5.02 Å². The summed E-state index contributed by atoms with van der Waals surface area (Å²) in [6.45, 7) is 1.75. The van der Waals surface area contributed by atoms with Gasteiger partial charge in [-0.25, -0.2) is 0 Å². The van der Waals surface area contributed by atoms with Crippen LogP contribution in [0.1, 0.15) is 12.8 Å². The standard InChI is InChI=1S/C13H15BrClN5/c14-10-4-3-8(6-11(10)15)12-17-13(19-18-12)20-5-1-2-9(16)7-20/h3-4,6,9H,1-2,5,7,16H2,(H,17,18,19). The lowest BCUT2D eigenvalue weighted by atomic mass is 10.1. The molecule has 0 aliphatic carbocycles. The van der Waals surface area contributed by atoms with Gasteiger partial charge in [-0.2, -0.15) is 4.98 Å². The third kappa shape index (κ3) is 2.82. The van der Waals surface area contributed by atoms with Gasteiger partial charge in [0.15, 0.2) is 5.82 Å². The first-order valence-electron chi connectivity index (χ1n) is 6.52. The van der Waals surface area contributed by atoms with E-state index in [0.717, 1.165) is 36.0 Å². The third-order valence-electron chi connectivity index (χ3n) is 3.41. The van der Waals surface area contributed by atoms with Crippen molar-refractivity contribution in [1.29, 1.82) is 0 Å². The molecule has 7 heteroatoms. The molecular weight excluding hydrogens is 342 g/mol. The fourth-order valence-electron chi connectivity index (χ4n) is 2.36. The monoisotopic (exact) mass is 355 g/mol. The molecule has 0 amide bonds. The molecule has 5 nitrogen and oxygen atoms in total. The maximum absolute atomic E-state index is 6.10. The maximum atomic E-state index is 6.10. The Morgan fingerprint density at radius 1 is 1.45 bits per heavy atom. The van der Waals surface area contributed by atoms with E-state index < -0.39 is 0 Å². The molecule has 1 saturated heterocycles. The lowest BCUT2D eigenvalue weighted by Crippen LogP contribution is -2.43. The first kappa shape index (κ1) is 13.9. The van der Waals surface area contributed by atoms with E-state index >= 15 is 0 Å². The molecule has 106 valence electrons. The number of piperidine rings is 1. The number of nitrogens with two attached hydrogens (primary N) is 1. The van der Waals surface area contributed by atoms with Crippen molar-refractivity contribution in [1.82, 2.24) is 15.2 Å². The number of halogens is 2.